The predicted molar refractivity (Wildman–Crippen MR) is 77.4 cm³/mol. The van der Waals surface area contributed by atoms with E-state index in [1.165, 1.54) is 31.2 Å². The maximum Gasteiger partial charge on any atom is 0.327 e. The molecule has 0 fully saturated rings. The molecular formula is C12H15ClN2O6S. The number of halogens is 1. The van der Waals surface area contributed by atoms with Gasteiger partial charge in [-0.15, -0.1) is 0 Å². The van der Waals surface area contributed by atoms with Crippen molar-refractivity contribution in [2.24, 2.45) is 5.73 Å². The van der Waals surface area contributed by atoms with Gasteiger partial charge in [-0.1, -0.05) is 11.6 Å². The Labute approximate surface area is 132 Å². The number of amides is 1. The van der Waals surface area contributed by atoms with E-state index in [1.807, 2.05) is 4.72 Å². The van der Waals surface area contributed by atoms with Crippen molar-refractivity contribution in [2.75, 3.05) is 6.61 Å². The molecule has 0 aliphatic heterocycles. The van der Waals surface area contributed by atoms with Crippen LogP contribution < -0.4 is 10.5 Å². The molecule has 0 aliphatic rings. The van der Waals surface area contributed by atoms with Crippen molar-refractivity contribution in [3.05, 3.63) is 29.3 Å². The second kappa shape index (κ2) is 7.54. The van der Waals surface area contributed by atoms with Gasteiger partial charge in [0.1, 0.15) is 6.04 Å². The summed E-state index contributed by atoms with van der Waals surface area (Å²) in [5.41, 5.74) is 4.82. The van der Waals surface area contributed by atoms with E-state index in [2.05, 4.69) is 4.74 Å². The Balaban J connectivity index is 2.92. The van der Waals surface area contributed by atoms with Crippen molar-refractivity contribution in [1.29, 1.82) is 0 Å². The average molecular weight is 351 g/mol. The maximum atomic E-state index is 12.1. The molecule has 1 rings (SSSR count). The topological polar surface area (TPSA) is 136 Å². The van der Waals surface area contributed by atoms with Gasteiger partial charge in [-0.2, -0.15) is 4.72 Å². The number of rotatable bonds is 7. The second-order valence-electron chi connectivity index (χ2n) is 4.37. The number of hydrogen-bond donors (Lipinski definition) is 3. The van der Waals surface area contributed by atoms with Gasteiger partial charge in [-0.25, -0.2) is 8.42 Å². The molecule has 0 aliphatic carbocycles. The fraction of sp³-hybridized carbons (Fsp3) is 0.333. The normalized spacial score (nSPS) is 14.1. The zero-order chi connectivity index (χ0) is 16.9. The molecule has 0 heterocycles. The van der Waals surface area contributed by atoms with E-state index < -0.39 is 40.7 Å². The van der Waals surface area contributed by atoms with Crippen molar-refractivity contribution in [1.82, 2.24) is 4.72 Å². The number of esters is 1. The minimum absolute atomic E-state index is 0.148. The van der Waals surface area contributed by atoms with Crippen LogP contribution in [0.25, 0.3) is 0 Å². The molecule has 1 aromatic rings. The molecule has 10 heteroatoms. The summed E-state index contributed by atoms with van der Waals surface area (Å²) < 4.78 is 30.8. The van der Waals surface area contributed by atoms with Gasteiger partial charge in [0.15, 0.2) is 6.61 Å². The average Bonchev–Trinajstić information content (AvgIpc) is 2.42. The lowest BCUT2D eigenvalue weighted by Gasteiger charge is -2.19. The van der Waals surface area contributed by atoms with Gasteiger partial charge in [-0.05, 0) is 31.2 Å². The van der Waals surface area contributed by atoms with Crippen molar-refractivity contribution in [3.8, 4) is 0 Å². The Morgan fingerprint density at radius 2 is 1.91 bits per heavy atom. The lowest BCUT2D eigenvalue weighted by atomic mass is 10.2. The van der Waals surface area contributed by atoms with Gasteiger partial charge in [0, 0.05) is 5.02 Å². The lowest BCUT2D eigenvalue weighted by molar-refractivity contribution is -0.151. The number of sulfonamides is 1. The minimum Gasteiger partial charge on any atom is -0.454 e. The number of primary amides is 1. The third-order valence-corrected chi connectivity index (χ3v) is 4.21. The van der Waals surface area contributed by atoms with Gasteiger partial charge >= 0.3 is 5.97 Å². The first kappa shape index (κ1) is 18.4. The van der Waals surface area contributed by atoms with Crippen LogP contribution in [0.3, 0.4) is 0 Å². The SMILES string of the molecule is C[C@H](O)[C@H](NS(=O)(=O)c1ccc(Cl)cc1)C(=O)OCC(N)=O. The Morgan fingerprint density at radius 3 is 2.36 bits per heavy atom. The Morgan fingerprint density at radius 1 is 1.36 bits per heavy atom. The van der Waals surface area contributed by atoms with E-state index in [0.29, 0.717) is 5.02 Å². The Bertz CT molecular complexity index is 644. The number of nitrogens with two attached hydrogens (primary N) is 1. The molecule has 4 N–H and O–H groups in total. The molecule has 1 amide bonds. The molecular weight excluding hydrogens is 336 g/mol. The van der Waals surface area contributed by atoms with Crippen LogP contribution in [0.1, 0.15) is 6.92 Å². The van der Waals surface area contributed by atoms with Gasteiger partial charge in [-0.3, -0.25) is 9.59 Å². The van der Waals surface area contributed by atoms with Crippen LogP contribution in [0.15, 0.2) is 29.2 Å². The molecule has 122 valence electrons. The number of aliphatic hydroxyl groups is 1. The molecule has 0 bridgehead atoms. The third-order valence-electron chi connectivity index (χ3n) is 2.50. The molecule has 0 radical (unpaired) electrons. The fourth-order valence-corrected chi connectivity index (χ4v) is 2.81. The zero-order valence-corrected chi connectivity index (χ0v) is 13.1. The summed E-state index contributed by atoms with van der Waals surface area (Å²) in [4.78, 5) is 22.1. The van der Waals surface area contributed by atoms with Gasteiger partial charge in [0.25, 0.3) is 5.91 Å². The molecule has 1 aromatic carbocycles. The molecule has 22 heavy (non-hydrogen) atoms. The number of hydrogen-bond acceptors (Lipinski definition) is 6. The molecule has 0 saturated heterocycles. The summed E-state index contributed by atoms with van der Waals surface area (Å²) in [7, 11) is -4.09. The number of ether oxygens (including phenoxy) is 1. The van der Waals surface area contributed by atoms with E-state index in [-0.39, 0.29) is 4.90 Å². The minimum atomic E-state index is -4.09. The molecule has 0 saturated carbocycles. The van der Waals surface area contributed by atoms with Crippen LogP contribution in [0.2, 0.25) is 5.02 Å². The van der Waals surface area contributed by atoms with E-state index in [1.54, 1.807) is 0 Å². The molecule has 0 spiro atoms. The molecule has 0 unspecified atom stereocenters. The fourth-order valence-electron chi connectivity index (χ4n) is 1.42. The maximum absolute atomic E-state index is 12.1. The predicted octanol–water partition coefficient (Wildman–Crippen LogP) is -0.604. The highest BCUT2D eigenvalue weighted by atomic mass is 35.5. The Kier molecular flexibility index (Phi) is 6.30. The van der Waals surface area contributed by atoms with Gasteiger partial charge < -0.3 is 15.6 Å². The number of nitrogens with one attached hydrogen (secondary N) is 1. The summed E-state index contributed by atoms with van der Waals surface area (Å²) in [6, 6.07) is 3.61. The van der Waals surface area contributed by atoms with Gasteiger partial charge in [0.05, 0.1) is 11.0 Å². The first-order valence-corrected chi connectivity index (χ1v) is 7.90. The first-order chi connectivity index (χ1) is 10.1. The van der Waals surface area contributed by atoms with Crippen molar-refractivity contribution in [3.63, 3.8) is 0 Å². The highest BCUT2D eigenvalue weighted by molar-refractivity contribution is 7.89. The van der Waals surface area contributed by atoms with Crippen molar-refractivity contribution < 1.29 is 27.9 Å². The summed E-state index contributed by atoms with van der Waals surface area (Å²) in [6.07, 6.45) is -1.39. The highest BCUT2D eigenvalue weighted by Crippen LogP contribution is 2.15. The largest absolute Gasteiger partial charge is 0.454 e. The molecule has 2 atom stereocenters. The van der Waals surface area contributed by atoms with E-state index in [4.69, 9.17) is 17.3 Å². The Hall–Kier alpha value is -1.68. The number of aliphatic hydroxyl groups excluding tert-OH is 1. The quantitative estimate of drug-likeness (QED) is 0.561. The summed E-state index contributed by atoms with van der Waals surface area (Å²) in [5.74, 6) is -2.02. The number of carbonyl (C=O) groups excluding carboxylic acids is 2. The summed E-state index contributed by atoms with van der Waals surface area (Å²) in [5, 5.41) is 9.88. The van der Waals surface area contributed by atoms with Crippen molar-refractivity contribution >= 4 is 33.5 Å². The van der Waals surface area contributed by atoms with Gasteiger partial charge in [0.2, 0.25) is 10.0 Å². The first-order valence-electron chi connectivity index (χ1n) is 6.04. The highest BCUT2D eigenvalue weighted by Gasteiger charge is 2.31. The standard InChI is InChI=1S/C12H15ClN2O6S/c1-7(16)11(12(18)21-6-10(14)17)15-22(19,20)9-4-2-8(13)3-5-9/h2-5,7,11,15-16H,6H2,1H3,(H2,14,17)/t7-,11-/m0/s1. The number of carbonyl (C=O) groups is 2. The van der Waals surface area contributed by atoms with Crippen LogP contribution in [-0.4, -0.2) is 44.2 Å². The van der Waals surface area contributed by atoms with E-state index >= 15 is 0 Å². The van der Waals surface area contributed by atoms with Crippen LogP contribution in [0.5, 0.6) is 0 Å². The monoisotopic (exact) mass is 350 g/mol. The lowest BCUT2D eigenvalue weighted by Crippen LogP contribution is -2.48. The van der Waals surface area contributed by atoms with E-state index in [0.717, 1.165) is 0 Å². The zero-order valence-electron chi connectivity index (χ0n) is 11.5. The van der Waals surface area contributed by atoms with Crippen LogP contribution in [0, 0.1) is 0 Å². The summed E-state index contributed by atoms with van der Waals surface area (Å²) in [6.45, 7) is 0.477. The third kappa shape index (κ3) is 5.26. The van der Waals surface area contributed by atoms with Crippen molar-refractivity contribution in [2.45, 2.75) is 24.0 Å². The summed E-state index contributed by atoms with van der Waals surface area (Å²) >= 11 is 5.67. The molecule has 8 nitrogen and oxygen atoms in total. The van der Waals surface area contributed by atoms with Crippen LogP contribution >= 0.6 is 11.6 Å². The van der Waals surface area contributed by atoms with Crippen LogP contribution in [-0.2, 0) is 24.3 Å². The second-order valence-corrected chi connectivity index (χ2v) is 6.52. The molecule has 0 aromatic heterocycles. The smallest absolute Gasteiger partial charge is 0.327 e. The van der Waals surface area contributed by atoms with Crippen LogP contribution in [0.4, 0.5) is 0 Å². The van der Waals surface area contributed by atoms with E-state index in [9.17, 15) is 23.1 Å². The number of benzene rings is 1.